The van der Waals surface area contributed by atoms with Gasteiger partial charge in [0.05, 0.1) is 18.2 Å². The molecule has 2 fully saturated rings. The molecule has 142 valence electrons. The SMILES string of the molecule is COC(=O)C1CC2CCCCC2N1C(=O)c1cc(C)nc2ccc(C)cc12. The lowest BCUT2D eigenvalue weighted by atomic mass is 9.84. The first-order chi connectivity index (χ1) is 13.0. The quantitative estimate of drug-likeness (QED) is 0.759. The first-order valence-corrected chi connectivity index (χ1v) is 9.78. The highest BCUT2D eigenvalue weighted by molar-refractivity contribution is 6.07. The third-order valence-electron chi connectivity index (χ3n) is 6.12. The zero-order valence-electron chi connectivity index (χ0n) is 16.2. The summed E-state index contributed by atoms with van der Waals surface area (Å²) in [5, 5.41) is 0.855. The summed E-state index contributed by atoms with van der Waals surface area (Å²) in [5.74, 6) is 0.0210. The van der Waals surface area contributed by atoms with Crippen molar-refractivity contribution in [3.05, 3.63) is 41.1 Å². The molecule has 2 aromatic rings. The van der Waals surface area contributed by atoms with Crippen LogP contribution in [0.15, 0.2) is 24.3 Å². The molecule has 1 saturated carbocycles. The Hall–Kier alpha value is -2.43. The molecule has 3 unspecified atom stereocenters. The molecular weight excluding hydrogens is 340 g/mol. The number of carbonyl (C=O) groups is 2. The maximum Gasteiger partial charge on any atom is 0.328 e. The molecule has 3 atom stereocenters. The highest BCUT2D eigenvalue weighted by Crippen LogP contribution is 2.41. The number of benzene rings is 1. The fourth-order valence-corrected chi connectivity index (χ4v) is 4.89. The lowest BCUT2D eigenvalue weighted by molar-refractivity contribution is -0.145. The number of esters is 1. The lowest BCUT2D eigenvalue weighted by Gasteiger charge is -2.33. The zero-order chi connectivity index (χ0) is 19.1. The van der Waals surface area contributed by atoms with Gasteiger partial charge in [0.15, 0.2) is 0 Å². The van der Waals surface area contributed by atoms with Gasteiger partial charge in [-0.3, -0.25) is 9.78 Å². The summed E-state index contributed by atoms with van der Waals surface area (Å²) < 4.78 is 5.04. The van der Waals surface area contributed by atoms with Crippen LogP contribution in [0.5, 0.6) is 0 Å². The average Bonchev–Trinajstić information content (AvgIpc) is 3.06. The molecule has 1 aliphatic carbocycles. The van der Waals surface area contributed by atoms with E-state index in [1.807, 2.05) is 43.0 Å². The summed E-state index contributed by atoms with van der Waals surface area (Å²) in [4.78, 5) is 32.6. The first-order valence-electron chi connectivity index (χ1n) is 9.78. The summed E-state index contributed by atoms with van der Waals surface area (Å²) in [6.45, 7) is 3.92. The minimum Gasteiger partial charge on any atom is -0.467 e. The van der Waals surface area contributed by atoms with Crippen molar-refractivity contribution < 1.29 is 14.3 Å². The lowest BCUT2D eigenvalue weighted by Crippen LogP contribution is -2.46. The summed E-state index contributed by atoms with van der Waals surface area (Å²) >= 11 is 0. The molecule has 0 spiro atoms. The van der Waals surface area contributed by atoms with Crippen molar-refractivity contribution in [2.24, 2.45) is 5.92 Å². The molecule has 1 saturated heterocycles. The van der Waals surface area contributed by atoms with Crippen LogP contribution in [0.25, 0.3) is 10.9 Å². The van der Waals surface area contributed by atoms with Gasteiger partial charge in [-0.15, -0.1) is 0 Å². The second kappa shape index (κ2) is 6.95. The fraction of sp³-hybridized carbons (Fsp3) is 0.500. The van der Waals surface area contributed by atoms with Gasteiger partial charge in [0, 0.05) is 17.1 Å². The van der Waals surface area contributed by atoms with E-state index < -0.39 is 6.04 Å². The van der Waals surface area contributed by atoms with E-state index in [0.717, 1.165) is 41.4 Å². The van der Waals surface area contributed by atoms with Crippen LogP contribution in [0, 0.1) is 19.8 Å². The number of ether oxygens (including phenoxy) is 1. The van der Waals surface area contributed by atoms with Gasteiger partial charge in [0.1, 0.15) is 6.04 Å². The van der Waals surface area contributed by atoms with Crippen molar-refractivity contribution in [2.45, 2.75) is 58.0 Å². The number of nitrogens with zero attached hydrogens (tertiary/aromatic N) is 2. The number of hydrogen-bond acceptors (Lipinski definition) is 4. The predicted molar refractivity (Wildman–Crippen MR) is 104 cm³/mol. The van der Waals surface area contributed by atoms with Gasteiger partial charge in [-0.2, -0.15) is 0 Å². The molecule has 27 heavy (non-hydrogen) atoms. The Bertz CT molecular complexity index is 908. The number of amides is 1. The van der Waals surface area contributed by atoms with E-state index in [0.29, 0.717) is 17.9 Å². The molecule has 2 heterocycles. The minimum absolute atomic E-state index is 0.0686. The smallest absolute Gasteiger partial charge is 0.328 e. The normalized spacial score (nSPS) is 24.7. The van der Waals surface area contributed by atoms with Gasteiger partial charge in [-0.25, -0.2) is 4.79 Å². The molecule has 1 amide bonds. The number of hydrogen-bond donors (Lipinski definition) is 0. The maximum absolute atomic E-state index is 13.7. The summed E-state index contributed by atoms with van der Waals surface area (Å²) in [6.07, 6.45) is 5.04. The molecule has 1 aromatic heterocycles. The summed E-state index contributed by atoms with van der Waals surface area (Å²) in [7, 11) is 1.41. The number of carbonyl (C=O) groups excluding carboxylic acids is 2. The topological polar surface area (TPSA) is 59.5 Å². The third-order valence-corrected chi connectivity index (χ3v) is 6.12. The maximum atomic E-state index is 13.7. The number of aryl methyl sites for hydroxylation is 2. The van der Waals surface area contributed by atoms with Crippen molar-refractivity contribution in [1.29, 1.82) is 0 Å². The number of methoxy groups -OCH3 is 1. The molecular formula is C22H26N2O3. The summed E-state index contributed by atoms with van der Waals surface area (Å²) in [5.41, 5.74) is 3.35. The largest absolute Gasteiger partial charge is 0.467 e. The zero-order valence-corrected chi connectivity index (χ0v) is 16.2. The Morgan fingerprint density at radius 1 is 1.15 bits per heavy atom. The van der Waals surface area contributed by atoms with Crippen LogP contribution < -0.4 is 0 Å². The van der Waals surface area contributed by atoms with E-state index in [9.17, 15) is 9.59 Å². The van der Waals surface area contributed by atoms with Gasteiger partial charge in [-0.1, -0.05) is 24.5 Å². The van der Waals surface area contributed by atoms with Crippen molar-refractivity contribution in [2.75, 3.05) is 7.11 Å². The minimum atomic E-state index is -0.482. The van der Waals surface area contributed by atoms with E-state index in [4.69, 9.17) is 4.74 Å². The second-order valence-electron chi connectivity index (χ2n) is 7.93. The molecule has 1 aromatic carbocycles. The predicted octanol–water partition coefficient (Wildman–Crippen LogP) is 3.80. The molecule has 2 aliphatic rings. The monoisotopic (exact) mass is 366 g/mol. The van der Waals surface area contributed by atoms with Gasteiger partial charge in [0.2, 0.25) is 0 Å². The third kappa shape index (κ3) is 3.09. The second-order valence-corrected chi connectivity index (χ2v) is 7.93. The van der Waals surface area contributed by atoms with Crippen LogP contribution in [0.4, 0.5) is 0 Å². The van der Waals surface area contributed by atoms with E-state index in [-0.39, 0.29) is 17.9 Å². The summed E-state index contributed by atoms with van der Waals surface area (Å²) in [6, 6.07) is 7.48. The van der Waals surface area contributed by atoms with Crippen LogP contribution >= 0.6 is 0 Å². The number of aromatic nitrogens is 1. The molecule has 5 nitrogen and oxygen atoms in total. The van der Waals surface area contributed by atoms with Crippen LogP contribution in [0.3, 0.4) is 0 Å². The number of fused-ring (bicyclic) bond motifs is 2. The Morgan fingerprint density at radius 3 is 2.70 bits per heavy atom. The fourth-order valence-electron chi connectivity index (χ4n) is 4.89. The van der Waals surface area contributed by atoms with Gasteiger partial charge in [-0.05, 0) is 57.2 Å². The number of likely N-dealkylation sites (tertiary alicyclic amines) is 1. The average molecular weight is 366 g/mol. The Balaban J connectivity index is 1.81. The van der Waals surface area contributed by atoms with Gasteiger partial charge < -0.3 is 9.64 Å². The Labute approximate surface area is 159 Å². The highest BCUT2D eigenvalue weighted by Gasteiger charge is 2.48. The van der Waals surface area contributed by atoms with Crippen molar-refractivity contribution >= 4 is 22.8 Å². The van der Waals surface area contributed by atoms with Crippen molar-refractivity contribution in [3.63, 3.8) is 0 Å². The van der Waals surface area contributed by atoms with Crippen LogP contribution in [0.1, 0.15) is 53.7 Å². The van der Waals surface area contributed by atoms with E-state index in [2.05, 4.69) is 4.98 Å². The molecule has 1 aliphatic heterocycles. The van der Waals surface area contributed by atoms with E-state index in [1.165, 1.54) is 13.5 Å². The first kappa shape index (κ1) is 18.0. The number of rotatable bonds is 2. The molecule has 0 bridgehead atoms. The van der Waals surface area contributed by atoms with Crippen molar-refractivity contribution in [3.8, 4) is 0 Å². The molecule has 5 heteroatoms. The van der Waals surface area contributed by atoms with Gasteiger partial charge in [0.25, 0.3) is 5.91 Å². The van der Waals surface area contributed by atoms with Crippen LogP contribution in [0.2, 0.25) is 0 Å². The molecule has 0 radical (unpaired) electrons. The van der Waals surface area contributed by atoms with E-state index in [1.54, 1.807) is 0 Å². The Morgan fingerprint density at radius 2 is 1.93 bits per heavy atom. The van der Waals surface area contributed by atoms with Gasteiger partial charge >= 0.3 is 5.97 Å². The Kier molecular flexibility index (Phi) is 4.62. The highest BCUT2D eigenvalue weighted by atomic mass is 16.5. The van der Waals surface area contributed by atoms with Crippen molar-refractivity contribution in [1.82, 2.24) is 9.88 Å². The number of pyridine rings is 1. The standard InChI is InChI=1S/C22H26N2O3/c1-13-8-9-18-16(10-13)17(11-14(2)23-18)21(25)24-19-7-5-4-6-15(19)12-20(24)22(26)27-3/h8-11,15,19-20H,4-7,12H2,1-3H3. The molecule has 0 N–H and O–H groups in total. The van der Waals surface area contributed by atoms with E-state index >= 15 is 0 Å². The van der Waals surface area contributed by atoms with Crippen LogP contribution in [-0.2, 0) is 9.53 Å². The molecule has 4 rings (SSSR count). The van der Waals surface area contributed by atoms with Crippen LogP contribution in [-0.4, -0.2) is 41.0 Å².